The lowest BCUT2D eigenvalue weighted by Crippen LogP contribution is -2.35. The van der Waals surface area contributed by atoms with Crippen molar-refractivity contribution in [1.29, 1.82) is 0 Å². The Morgan fingerprint density at radius 1 is 0.833 bits per heavy atom. The van der Waals surface area contributed by atoms with Crippen LogP contribution >= 0.6 is 11.6 Å². The average Bonchev–Trinajstić information content (AvgIpc) is 2.42. The van der Waals surface area contributed by atoms with Gasteiger partial charge in [0.1, 0.15) is 0 Å². The van der Waals surface area contributed by atoms with Gasteiger partial charge in [0, 0.05) is 12.4 Å². The van der Waals surface area contributed by atoms with Gasteiger partial charge in [-0.25, -0.2) is 0 Å². The van der Waals surface area contributed by atoms with Crippen LogP contribution in [-0.2, 0) is 0 Å². The van der Waals surface area contributed by atoms with Crippen LogP contribution in [0.4, 0.5) is 0 Å². The number of nitrogens with one attached hydrogen (secondary N) is 1. The fourth-order valence-electron chi connectivity index (χ4n) is 2.30. The number of hydrogen-bond donors (Lipinski definition) is 1. The zero-order valence-electron chi connectivity index (χ0n) is 12.9. The Balaban J connectivity index is 3.38. The molecule has 0 rings (SSSR count). The van der Waals surface area contributed by atoms with E-state index in [9.17, 15) is 0 Å². The van der Waals surface area contributed by atoms with E-state index in [-0.39, 0.29) is 0 Å². The fraction of sp³-hybridized carbons (Fsp3) is 1.00. The molecule has 2 heteroatoms. The maximum Gasteiger partial charge on any atom is 0.0291 e. The minimum Gasteiger partial charge on any atom is -0.316 e. The first-order valence-corrected chi connectivity index (χ1v) is 8.54. The summed E-state index contributed by atoms with van der Waals surface area (Å²) in [6, 6.07) is 0. The van der Waals surface area contributed by atoms with E-state index in [4.69, 9.17) is 11.6 Å². The van der Waals surface area contributed by atoms with E-state index in [2.05, 4.69) is 26.1 Å². The third-order valence-corrected chi connectivity index (χ3v) is 4.81. The zero-order chi connectivity index (χ0) is 13.7. The lowest BCUT2D eigenvalue weighted by Gasteiger charge is -2.29. The molecule has 0 spiro atoms. The second-order valence-electron chi connectivity index (χ2n) is 5.64. The molecule has 0 radical (unpaired) electrons. The fourth-order valence-corrected chi connectivity index (χ4v) is 2.77. The van der Waals surface area contributed by atoms with E-state index in [0.717, 1.165) is 19.0 Å². The van der Waals surface area contributed by atoms with Crippen molar-refractivity contribution in [1.82, 2.24) is 5.32 Å². The Kier molecular flexibility index (Phi) is 12.5. The number of rotatable bonds is 13. The first kappa shape index (κ1) is 18.2. The summed E-state index contributed by atoms with van der Waals surface area (Å²) in [7, 11) is 0. The van der Waals surface area contributed by atoms with Crippen molar-refractivity contribution >= 4 is 11.6 Å². The second kappa shape index (κ2) is 12.3. The second-order valence-corrected chi connectivity index (χ2v) is 5.91. The summed E-state index contributed by atoms with van der Waals surface area (Å²) in [5.41, 5.74) is 0.322. The maximum atomic E-state index is 6.10. The molecule has 0 amide bonds. The van der Waals surface area contributed by atoms with Crippen molar-refractivity contribution in [2.45, 2.75) is 78.6 Å². The molecule has 0 fully saturated rings. The summed E-state index contributed by atoms with van der Waals surface area (Å²) in [6.07, 6.45) is 12.0. The van der Waals surface area contributed by atoms with Gasteiger partial charge in [-0.05, 0) is 31.2 Å². The predicted molar refractivity (Wildman–Crippen MR) is 84.6 cm³/mol. The summed E-state index contributed by atoms with van der Waals surface area (Å²) in [4.78, 5) is 0. The van der Waals surface area contributed by atoms with Gasteiger partial charge in [-0.2, -0.15) is 0 Å². The molecule has 0 unspecified atom stereocenters. The minimum atomic E-state index is 0.322. The van der Waals surface area contributed by atoms with Crippen molar-refractivity contribution in [2.24, 2.45) is 5.41 Å². The van der Waals surface area contributed by atoms with Gasteiger partial charge in [0.2, 0.25) is 0 Å². The van der Waals surface area contributed by atoms with E-state index in [1.807, 2.05) is 0 Å². The van der Waals surface area contributed by atoms with Gasteiger partial charge in [0.05, 0.1) is 0 Å². The van der Waals surface area contributed by atoms with Crippen molar-refractivity contribution in [3.8, 4) is 0 Å². The number of alkyl halides is 1. The highest BCUT2D eigenvalue weighted by molar-refractivity contribution is 6.18. The summed E-state index contributed by atoms with van der Waals surface area (Å²) in [5.74, 6) is 0.782. The van der Waals surface area contributed by atoms with Gasteiger partial charge < -0.3 is 5.32 Å². The predicted octanol–water partition coefficient (Wildman–Crippen LogP) is 5.37. The first-order valence-electron chi connectivity index (χ1n) is 8.01. The summed E-state index contributed by atoms with van der Waals surface area (Å²) < 4.78 is 0. The van der Waals surface area contributed by atoms with Gasteiger partial charge in [-0.1, -0.05) is 59.3 Å². The third-order valence-electron chi connectivity index (χ3n) is 4.24. The number of unbranched alkanes of at least 4 members (excludes halogenated alkanes) is 6. The van der Waals surface area contributed by atoms with Crippen molar-refractivity contribution in [3.05, 3.63) is 0 Å². The molecule has 0 aliphatic rings. The molecule has 18 heavy (non-hydrogen) atoms. The third kappa shape index (κ3) is 8.37. The molecule has 1 nitrogen and oxygen atoms in total. The van der Waals surface area contributed by atoms with Crippen LogP contribution in [0.3, 0.4) is 0 Å². The van der Waals surface area contributed by atoms with Gasteiger partial charge >= 0.3 is 0 Å². The standard InChI is InChI=1S/C16H34ClN/c1-4-7-8-9-10-11-12-13-18-15-16(5-2,6-3)14-17/h18H,4-15H2,1-3H3. The Hall–Kier alpha value is 0.250. The molecule has 0 aromatic heterocycles. The lowest BCUT2D eigenvalue weighted by molar-refractivity contribution is 0.286. The van der Waals surface area contributed by atoms with E-state index in [1.165, 1.54) is 57.8 Å². The van der Waals surface area contributed by atoms with Crippen LogP contribution in [0.5, 0.6) is 0 Å². The molecule has 0 heterocycles. The number of hydrogen-bond acceptors (Lipinski definition) is 1. The monoisotopic (exact) mass is 275 g/mol. The van der Waals surface area contributed by atoms with Crippen LogP contribution in [0.1, 0.15) is 78.6 Å². The molecule has 1 N–H and O–H groups in total. The van der Waals surface area contributed by atoms with Gasteiger partial charge in [-0.3, -0.25) is 0 Å². The zero-order valence-corrected chi connectivity index (χ0v) is 13.6. The molecule has 0 aliphatic heterocycles. The molecular weight excluding hydrogens is 242 g/mol. The Morgan fingerprint density at radius 2 is 1.39 bits per heavy atom. The highest BCUT2D eigenvalue weighted by Gasteiger charge is 2.23. The highest BCUT2D eigenvalue weighted by Crippen LogP contribution is 2.26. The number of halogens is 1. The van der Waals surface area contributed by atoms with Crippen LogP contribution in [0, 0.1) is 5.41 Å². The molecule has 0 aliphatic carbocycles. The minimum absolute atomic E-state index is 0.322. The molecule has 0 aromatic rings. The largest absolute Gasteiger partial charge is 0.316 e. The summed E-state index contributed by atoms with van der Waals surface area (Å²) in [5, 5.41) is 3.60. The molecule has 0 saturated heterocycles. The van der Waals surface area contributed by atoms with Crippen LogP contribution in [0.25, 0.3) is 0 Å². The van der Waals surface area contributed by atoms with E-state index >= 15 is 0 Å². The van der Waals surface area contributed by atoms with E-state index in [0.29, 0.717) is 5.41 Å². The molecule has 0 aromatic carbocycles. The topological polar surface area (TPSA) is 12.0 Å². The van der Waals surface area contributed by atoms with Crippen molar-refractivity contribution in [3.63, 3.8) is 0 Å². The normalized spacial score (nSPS) is 12.0. The maximum absolute atomic E-state index is 6.10. The molecular formula is C16H34ClN. The lowest BCUT2D eigenvalue weighted by atomic mass is 9.84. The van der Waals surface area contributed by atoms with E-state index < -0.39 is 0 Å². The van der Waals surface area contributed by atoms with Crippen LogP contribution in [-0.4, -0.2) is 19.0 Å². The smallest absolute Gasteiger partial charge is 0.0291 e. The van der Waals surface area contributed by atoms with Crippen molar-refractivity contribution < 1.29 is 0 Å². The van der Waals surface area contributed by atoms with Gasteiger partial charge in [0.15, 0.2) is 0 Å². The molecule has 0 saturated carbocycles. The molecule has 0 bridgehead atoms. The van der Waals surface area contributed by atoms with Crippen LogP contribution in [0.15, 0.2) is 0 Å². The average molecular weight is 276 g/mol. The Morgan fingerprint density at radius 3 is 1.89 bits per heavy atom. The van der Waals surface area contributed by atoms with Crippen LogP contribution < -0.4 is 5.32 Å². The molecule has 110 valence electrons. The quantitative estimate of drug-likeness (QED) is 0.352. The Bertz CT molecular complexity index is 158. The Labute approximate surface area is 120 Å². The SMILES string of the molecule is CCCCCCCCCNCC(CC)(CC)CCl. The highest BCUT2D eigenvalue weighted by atomic mass is 35.5. The first-order chi connectivity index (χ1) is 8.74. The van der Waals surface area contributed by atoms with Crippen molar-refractivity contribution in [2.75, 3.05) is 19.0 Å². The summed E-state index contributed by atoms with van der Waals surface area (Å²) >= 11 is 6.10. The van der Waals surface area contributed by atoms with Gasteiger partial charge in [0.25, 0.3) is 0 Å². The van der Waals surface area contributed by atoms with Crippen LogP contribution in [0.2, 0.25) is 0 Å². The van der Waals surface area contributed by atoms with E-state index in [1.54, 1.807) is 0 Å². The molecule has 0 atom stereocenters. The van der Waals surface area contributed by atoms with Gasteiger partial charge in [-0.15, -0.1) is 11.6 Å². The summed E-state index contributed by atoms with van der Waals surface area (Å²) in [6.45, 7) is 9.02.